The van der Waals surface area contributed by atoms with E-state index in [0.717, 1.165) is 24.3 Å². The average Bonchev–Trinajstić information content (AvgIpc) is 2.90. The molecule has 0 radical (unpaired) electrons. The van der Waals surface area contributed by atoms with E-state index < -0.39 is 0 Å². The topological polar surface area (TPSA) is 12.0 Å². The average molecular weight is 285 g/mol. The highest BCUT2D eigenvalue weighted by molar-refractivity contribution is 5.28. The summed E-state index contributed by atoms with van der Waals surface area (Å²) in [6.45, 7) is 10.2. The molecule has 2 saturated carbocycles. The van der Waals surface area contributed by atoms with Crippen LogP contribution in [0.2, 0.25) is 0 Å². The van der Waals surface area contributed by atoms with E-state index in [2.05, 4.69) is 57.3 Å². The van der Waals surface area contributed by atoms with Crippen LogP contribution in [0, 0.1) is 17.8 Å². The highest BCUT2D eigenvalue weighted by Gasteiger charge is 2.55. The van der Waals surface area contributed by atoms with Gasteiger partial charge in [0.25, 0.3) is 0 Å². The Hall–Kier alpha value is -0.820. The lowest BCUT2D eigenvalue weighted by Gasteiger charge is -2.22. The van der Waals surface area contributed by atoms with Gasteiger partial charge >= 0.3 is 0 Å². The van der Waals surface area contributed by atoms with Crippen molar-refractivity contribution in [2.24, 2.45) is 17.8 Å². The van der Waals surface area contributed by atoms with Gasteiger partial charge in [-0.05, 0) is 60.1 Å². The van der Waals surface area contributed by atoms with Crippen molar-refractivity contribution in [1.29, 1.82) is 0 Å². The first kappa shape index (κ1) is 15.1. The molecule has 0 bridgehead atoms. The molecule has 0 aromatic heterocycles. The normalized spacial score (nSPS) is 29.2. The second-order valence-electron chi connectivity index (χ2n) is 8.15. The molecule has 0 amide bonds. The molecule has 3 unspecified atom stereocenters. The number of benzene rings is 1. The third kappa shape index (κ3) is 3.18. The summed E-state index contributed by atoms with van der Waals surface area (Å²) in [5.74, 6) is 3.05. The maximum absolute atomic E-state index is 3.77. The zero-order valence-corrected chi connectivity index (χ0v) is 14.2. The molecule has 1 N–H and O–H groups in total. The van der Waals surface area contributed by atoms with E-state index in [1.807, 2.05) is 0 Å². The molecule has 3 atom stereocenters. The van der Waals surface area contributed by atoms with Crippen molar-refractivity contribution in [2.75, 3.05) is 6.54 Å². The van der Waals surface area contributed by atoms with Crippen molar-refractivity contribution < 1.29 is 0 Å². The fourth-order valence-electron chi connectivity index (χ4n) is 4.48. The molecule has 0 heterocycles. The van der Waals surface area contributed by atoms with Crippen LogP contribution in [-0.2, 0) is 11.8 Å². The van der Waals surface area contributed by atoms with Crippen LogP contribution in [0.5, 0.6) is 0 Å². The lowest BCUT2D eigenvalue weighted by molar-refractivity contribution is 0.411. The summed E-state index contributed by atoms with van der Waals surface area (Å²) in [6, 6.07) is 10.1. The minimum atomic E-state index is 0.257. The van der Waals surface area contributed by atoms with Gasteiger partial charge in [-0.25, -0.2) is 0 Å². The highest BCUT2D eigenvalue weighted by Crippen LogP contribution is 2.59. The second-order valence-corrected chi connectivity index (χ2v) is 8.15. The molecule has 1 nitrogen and oxygen atoms in total. The molecular formula is C20H31N. The standard InChI is InChI=1S/C20H31N/c1-5-21-18(19-16-7-6-8-17(16)19)13-14-9-11-15(12-10-14)20(2,3)4/h9-12,16-19,21H,5-8,13H2,1-4H3. The number of likely N-dealkylation sites (N-methyl/N-ethyl adjacent to an activating group) is 1. The summed E-state index contributed by atoms with van der Waals surface area (Å²) in [7, 11) is 0. The van der Waals surface area contributed by atoms with E-state index in [-0.39, 0.29) is 5.41 Å². The van der Waals surface area contributed by atoms with Crippen molar-refractivity contribution >= 4 is 0 Å². The van der Waals surface area contributed by atoms with Crippen LogP contribution in [0.15, 0.2) is 24.3 Å². The van der Waals surface area contributed by atoms with Gasteiger partial charge in [0, 0.05) is 6.04 Å². The first-order chi connectivity index (χ1) is 10.0. The highest BCUT2D eigenvalue weighted by atomic mass is 14.9. The summed E-state index contributed by atoms with van der Waals surface area (Å²) < 4.78 is 0. The second kappa shape index (κ2) is 5.76. The Balaban J connectivity index is 1.66. The van der Waals surface area contributed by atoms with E-state index in [1.54, 1.807) is 0 Å². The maximum Gasteiger partial charge on any atom is 0.0141 e. The maximum atomic E-state index is 3.77. The molecule has 21 heavy (non-hydrogen) atoms. The fourth-order valence-corrected chi connectivity index (χ4v) is 4.48. The largest absolute Gasteiger partial charge is 0.314 e. The third-order valence-corrected chi connectivity index (χ3v) is 5.68. The van der Waals surface area contributed by atoms with Crippen molar-refractivity contribution in [3.05, 3.63) is 35.4 Å². The van der Waals surface area contributed by atoms with E-state index in [1.165, 1.54) is 36.8 Å². The summed E-state index contributed by atoms with van der Waals surface area (Å²) in [6.07, 6.45) is 5.65. The Morgan fingerprint density at radius 3 is 2.24 bits per heavy atom. The Kier molecular flexibility index (Phi) is 4.14. The molecule has 2 aliphatic carbocycles. The Morgan fingerprint density at radius 2 is 1.71 bits per heavy atom. The van der Waals surface area contributed by atoms with Crippen LogP contribution in [0.25, 0.3) is 0 Å². The minimum Gasteiger partial charge on any atom is -0.314 e. The zero-order chi connectivity index (χ0) is 15.0. The summed E-state index contributed by atoms with van der Waals surface area (Å²) >= 11 is 0. The van der Waals surface area contributed by atoms with Gasteiger partial charge in [-0.15, -0.1) is 0 Å². The third-order valence-electron chi connectivity index (χ3n) is 5.68. The van der Waals surface area contributed by atoms with Crippen LogP contribution < -0.4 is 5.32 Å². The van der Waals surface area contributed by atoms with Gasteiger partial charge in [0.1, 0.15) is 0 Å². The van der Waals surface area contributed by atoms with Gasteiger partial charge in [-0.3, -0.25) is 0 Å². The SMILES string of the molecule is CCNC(Cc1ccc(C(C)(C)C)cc1)C1C2CCCC21. The molecule has 3 rings (SSSR count). The molecule has 2 fully saturated rings. The minimum absolute atomic E-state index is 0.257. The van der Waals surface area contributed by atoms with Crippen molar-refractivity contribution in [2.45, 2.75) is 64.8 Å². The molecule has 116 valence electrons. The lowest BCUT2D eigenvalue weighted by atomic mass is 9.86. The van der Waals surface area contributed by atoms with Crippen LogP contribution in [-0.4, -0.2) is 12.6 Å². The molecule has 2 aliphatic rings. The molecular weight excluding hydrogens is 254 g/mol. The quantitative estimate of drug-likeness (QED) is 0.837. The van der Waals surface area contributed by atoms with Crippen molar-refractivity contribution in [3.63, 3.8) is 0 Å². The van der Waals surface area contributed by atoms with Crippen molar-refractivity contribution in [3.8, 4) is 0 Å². The Bertz CT molecular complexity index is 458. The van der Waals surface area contributed by atoms with Gasteiger partial charge in [0.15, 0.2) is 0 Å². The molecule has 1 aromatic rings. The van der Waals surface area contributed by atoms with Gasteiger partial charge in [0.05, 0.1) is 0 Å². The van der Waals surface area contributed by atoms with Crippen LogP contribution in [0.4, 0.5) is 0 Å². The predicted octanol–water partition coefficient (Wildman–Crippen LogP) is 4.55. The van der Waals surface area contributed by atoms with Gasteiger partial charge in [-0.2, -0.15) is 0 Å². The predicted molar refractivity (Wildman–Crippen MR) is 90.6 cm³/mol. The van der Waals surface area contributed by atoms with E-state index >= 15 is 0 Å². The Morgan fingerprint density at radius 1 is 1.10 bits per heavy atom. The number of hydrogen-bond donors (Lipinski definition) is 1. The van der Waals surface area contributed by atoms with E-state index in [9.17, 15) is 0 Å². The van der Waals surface area contributed by atoms with E-state index in [4.69, 9.17) is 0 Å². The molecule has 0 spiro atoms. The number of fused-ring (bicyclic) bond motifs is 1. The number of rotatable bonds is 5. The lowest BCUT2D eigenvalue weighted by Crippen LogP contribution is -2.34. The summed E-state index contributed by atoms with van der Waals surface area (Å²) in [5.41, 5.74) is 3.20. The smallest absolute Gasteiger partial charge is 0.0141 e. The molecule has 1 heteroatoms. The van der Waals surface area contributed by atoms with Crippen molar-refractivity contribution in [1.82, 2.24) is 5.32 Å². The van der Waals surface area contributed by atoms with Crippen LogP contribution in [0.3, 0.4) is 0 Å². The molecule has 0 aliphatic heterocycles. The first-order valence-electron chi connectivity index (χ1n) is 8.83. The van der Waals surface area contributed by atoms with Crippen LogP contribution >= 0.6 is 0 Å². The number of hydrogen-bond acceptors (Lipinski definition) is 1. The van der Waals surface area contributed by atoms with Gasteiger partial charge in [-0.1, -0.05) is 58.4 Å². The fraction of sp³-hybridized carbons (Fsp3) is 0.700. The Labute approximate surface area is 130 Å². The first-order valence-corrected chi connectivity index (χ1v) is 8.83. The summed E-state index contributed by atoms with van der Waals surface area (Å²) in [4.78, 5) is 0. The van der Waals surface area contributed by atoms with Gasteiger partial charge < -0.3 is 5.32 Å². The molecule has 0 saturated heterocycles. The van der Waals surface area contributed by atoms with E-state index in [0.29, 0.717) is 6.04 Å². The molecule has 1 aromatic carbocycles. The summed E-state index contributed by atoms with van der Waals surface area (Å²) in [5, 5.41) is 3.77. The monoisotopic (exact) mass is 285 g/mol. The van der Waals surface area contributed by atoms with Crippen LogP contribution in [0.1, 0.15) is 58.1 Å². The zero-order valence-electron chi connectivity index (χ0n) is 14.2. The number of nitrogens with one attached hydrogen (secondary N) is 1. The van der Waals surface area contributed by atoms with Gasteiger partial charge in [0.2, 0.25) is 0 Å².